The maximum absolute atomic E-state index is 10.9. The van der Waals surface area contributed by atoms with Crippen LogP contribution in [0.5, 0.6) is 5.75 Å². The van der Waals surface area contributed by atoms with Crippen molar-refractivity contribution in [2.24, 2.45) is 0 Å². The molecular formula is C13H17NO3. The van der Waals surface area contributed by atoms with Gasteiger partial charge in [-0.1, -0.05) is 12.1 Å². The van der Waals surface area contributed by atoms with Gasteiger partial charge in [-0.3, -0.25) is 4.79 Å². The molecule has 1 aromatic rings. The Kier molecular flexibility index (Phi) is 3.64. The molecule has 0 aliphatic carbocycles. The predicted molar refractivity (Wildman–Crippen MR) is 64.4 cm³/mol. The van der Waals surface area contributed by atoms with Crippen LogP contribution in [0.15, 0.2) is 18.2 Å². The molecule has 1 atom stereocenters. The number of likely N-dealkylation sites (N-methyl/N-ethyl adjacent to an activating group) is 1. The predicted octanol–water partition coefficient (Wildman–Crippen LogP) is 1.23. The molecule has 4 heteroatoms. The normalized spacial score (nSPS) is 15.1. The summed E-state index contributed by atoms with van der Waals surface area (Å²) in [5.74, 6) is 0.175. The van der Waals surface area contributed by atoms with Crippen molar-refractivity contribution < 1.29 is 14.6 Å². The summed E-state index contributed by atoms with van der Waals surface area (Å²) in [4.78, 5) is 10.9. The highest BCUT2D eigenvalue weighted by Crippen LogP contribution is 2.26. The zero-order valence-electron chi connectivity index (χ0n) is 9.90. The third-order valence-corrected chi connectivity index (χ3v) is 3.12. The van der Waals surface area contributed by atoms with Crippen molar-refractivity contribution in [1.29, 1.82) is 0 Å². The van der Waals surface area contributed by atoms with E-state index in [9.17, 15) is 4.79 Å². The Morgan fingerprint density at radius 1 is 1.59 bits per heavy atom. The lowest BCUT2D eigenvalue weighted by molar-refractivity contribution is -0.139. The fraction of sp³-hybridized carbons (Fsp3) is 0.462. The van der Waals surface area contributed by atoms with Gasteiger partial charge in [0, 0.05) is 6.42 Å². The van der Waals surface area contributed by atoms with E-state index in [2.05, 4.69) is 11.4 Å². The van der Waals surface area contributed by atoms with E-state index >= 15 is 0 Å². The van der Waals surface area contributed by atoms with Gasteiger partial charge in [0.05, 0.1) is 6.61 Å². The molecule has 1 aromatic carbocycles. The van der Waals surface area contributed by atoms with Crippen molar-refractivity contribution >= 4 is 5.97 Å². The largest absolute Gasteiger partial charge is 0.493 e. The third kappa shape index (κ3) is 2.77. The van der Waals surface area contributed by atoms with Crippen molar-refractivity contribution in [3.05, 3.63) is 29.3 Å². The fourth-order valence-corrected chi connectivity index (χ4v) is 2.10. The molecule has 0 saturated heterocycles. The highest BCUT2D eigenvalue weighted by molar-refractivity contribution is 5.73. The number of nitrogens with one attached hydrogen (secondary N) is 1. The van der Waals surface area contributed by atoms with E-state index in [-0.39, 0.29) is 0 Å². The average Bonchev–Trinajstić information content (AvgIpc) is 2.76. The topological polar surface area (TPSA) is 58.6 Å². The van der Waals surface area contributed by atoms with Crippen LogP contribution in [0, 0.1) is 0 Å². The summed E-state index contributed by atoms with van der Waals surface area (Å²) in [5, 5.41) is 11.7. The molecule has 0 aromatic heterocycles. The number of benzene rings is 1. The Labute approximate surface area is 101 Å². The van der Waals surface area contributed by atoms with Crippen molar-refractivity contribution in [2.75, 3.05) is 13.7 Å². The molecule has 0 bridgehead atoms. The second-order valence-corrected chi connectivity index (χ2v) is 4.26. The number of carbonyl (C=O) groups is 1. The van der Waals surface area contributed by atoms with Gasteiger partial charge >= 0.3 is 5.97 Å². The number of carboxylic acids is 1. The number of rotatable bonds is 5. The molecule has 0 amide bonds. The molecule has 92 valence electrons. The van der Waals surface area contributed by atoms with Crippen LogP contribution in [0.2, 0.25) is 0 Å². The molecule has 1 heterocycles. The Hall–Kier alpha value is -1.55. The molecule has 0 fully saturated rings. The summed E-state index contributed by atoms with van der Waals surface area (Å²) >= 11 is 0. The van der Waals surface area contributed by atoms with Gasteiger partial charge < -0.3 is 15.2 Å². The van der Waals surface area contributed by atoms with Crippen molar-refractivity contribution in [1.82, 2.24) is 5.32 Å². The summed E-state index contributed by atoms with van der Waals surface area (Å²) in [7, 11) is 1.68. The Morgan fingerprint density at radius 3 is 3.12 bits per heavy atom. The number of hydrogen-bond donors (Lipinski definition) is 2. The Balaban J connectivity index is 1.97. The second kappa shape index (κ2) is 5.19. The SMILES string of the molecule is CNC(CCc1ccc2c(c1)CCO2)C(=O)O. The van der Waals surface area contributed by atoms with Gasteiger partial charge in [-0.05, 0) is 37.1 Å². The zero-order valence-corrected chi connectivity index (χ0v) is 9.90. The van der Waals surface area contributed by atoms with Crippen LogP contribution >= 0.6 is 0 Å². The summed E-state index contributed by atoms with van der Waals surface area (Å²) < 4.78 is 5.43. The quantitative estimate of drug-likeness (QED) is 0.806. The van der Waals surface area contributed by atoms with E-state index in [1.165, 1.54) is 11.1 Å². The van der Waals surface area contributed by atoms with Crippen LogP contribution in [0.1, 0.15) is 17.5 Å². The zero-order chi connectivity index (χ0) is 12.3. The van der Waals surface area contributed by atoms with Gasteiger partial charge in [0.1, 0.15) is 11.8 Å². The van der Waals surface area contributed by atoms with Gasteiger partial charge in [0.15, 0.2) is 0 Å². The summed E-state index contributed by atoms with van der Waals surface area (Å²) in [5.41, 5.74) is 2.41. The number of fused-ring (bicyclic) bond motifs is 1. The van der Waals surface area contributed by atoms with Crippen LogP contribution in [0.4, 0.5) is 0 Å². The van der Waals surface area contributed by atoms with E-state index in [1.54, 1.807) is 7.05 Å². The first kappa shape index (κ1) is 11.9. The highest BCUT2D eigenvalue weighted by Gasteiger charge is 2.16. The van der Waals surface area contributed by atoms with Gasteiger partial charge in [0.2, 0.25) is 0 Å². The molecule has 0 saturated carbocycles. The Morgan fingerprint density at radius 2 is 2.41 bits per heavy atom. The van der Waals surface area contributed by atoms with Gasteiger partial charge in [0.25, 0.3) is 0 Å². The molecule has 17 heavy (non-hydrogen) atoms. The van der Waals surface area contributed by atoms with Crippen LogP contribution in [-0.4, -0.2) is 30.8 Å². The van der Waals surface area contributed by atoms with E-state index in [1.807, 2.05) is 12.1 Å². The number of aryl methyl sites for hydroxylation is 1. The van der Waals surface area contributed by atoms with Crippen molar-refractivity contribution in [3.8, 4) is 5.75 Å². The summed E-state index contributed by atoms with van der Waals surface area (Å²) in [6.45, 7) is 0.757. The number of carboxylic acid groups (broad SMARTS) is 1. The van der Waals surface area contributed by atoms with Crippen LogP contribution in [0.25, 0.3) is 0 Å². The molecule has 4 nitrogen and oxygen atoms in total. The lowest BCUT2D eigenvalue weighted by Crippen LogP contribution is -2.34. The van der Waals surface area contributed by atoms with Crippen LogP contribution < -0.4 is 10.1 Å². The Bertz CT molecular complexity index is 417. The summed E-state index contributed by atoms with van der Waals surface area (Å²) in [6, 6.07) is 5.64. The lowest BCUT2D eigenvalue weighted by atomic mass is 10.0. The van der Waals surface area contributed by atoms with E-state index in [4.69, 9.17) is 9.84 Å². The molecule has 0 radical (unpaired) electrons. The molecule has 2 N–H and O–H groups in total. The van der Waals surface area contributed by atoms with Crippen molar-refractivity contribution in [3.63, 3.8) is 0 Å². The van der Waals surface area contributed by atoms with Crippen LogP contribution in [0.3, 0.4) is 0 Å². The molecule has 2 rings (SSSR count). The van der Waals surface area contributed by atoms with E-state index < -0.39 is 12.0 Å². The first-order valence-corrected chi connectivity index (χ1v) is 5.85. The average molecular weight is 235 g/mol. The fourth-order valence-electron chi connectivity index (χ4n) is 2.10. The van der Waals surface area contributed by atoms with Crippen LogP contribution in [-0.2, 0) is 17.6 Å². The lowest BCUT2D eigenvalue weighted by Gasteiger charge is -2.11. The number of ether oxygens (including phenoxy) is 1. The maximum atomic E-state index is 10.9. The second-order valence-electron chi connectivity index (χ2n) is 4.26. The van der Waals surface area contributed by atoms with E-state index in [0.29, 0.717) is 6.42 Å². The monoisotopic (exact) mass is 235 g/mol. The minimum absolute atomic E-state index is 0.473. The minimum atomic E-state index is -0.794. The minimum Gasteiger partial charge on any atom is -0.493 e. The number of aliphatic carboxylic acids is 1. The maximum Gasteiger partial charge on any atom is 0.320 e. The van der Waals surface area contributed by atoms with Gasteiger partial charge in [-0.25, -0.2) is 0 Å². The molecule has 1 aliphatic rings. The summed E-state index contributed by atoms with van der Waals surface area (Å²) in [6.07, 6.45) is 2.33. The van der Waals surface area contributed by atoms with Crippen molar-refractivity contribution in [2.45, 2.75) is 25.3 Å². The molecule has 0 spiro atoms. The van der Waals surface area contributed by atoms with Gasteiger partial charge in [-0.15, -0.1) is 0 Å². The van der Waals surface area contributed by atoms with Gasteiger partial charge in [-0.2, -0.15) is 0 Å². The molecule has 1 unspecified atom stereocenters. The standard InChI is InChI=1S/C13H17NO3/c1-14-11(13(15)16)4-2-9-3-5-12-10(8-9)6-7-17-12/h3,5,8,11,14H,2,4,6-7H2,1H3,(H,15,16). The molecular weight excluding hydrogens is 218 g/mol. The first-order valence-electron chi connectivity index (χ1n) is 5.85. The first-order chi connectivity index (χ1) is 8.20. The highest BCUT2D eigenvalue weighted by atomic mass is 16.5. The smallest absolute Gasteiger partial charge is 0.320 e. The number of hydrogen-bond acceptors (Lipinski definition) is 3. The molecule has 1 aliphatic heterocycles. The third-order valence-electron chi connectivity index (χ3n) is 3.12. The van der Waals surface area contributed by atoms with E-state index in [0.717, 1.165) is 25.2 Å².